The highest BCUT2D eigenvalue weighted by Crippen LogP contribution is 2.18. The first-order valence-corrected chi connectivity index (χ1v) is 6.83. The van der Waals surface area contributed by atoms with Gasteiger partial charge in [-0.05, 0) is 30.3 Å². The number of carbonyl (C=O) groups is 1. The lowest BCUT2D eigenvalue weighted by molar-refractivity contribution is 0.0954. The van der Waals surface area contributed by atoms with E-state index in [1.165, 1.54) is 12.1 Å². The summed E-state index contributed by atoms with van der Waals surface area (Å²) in [7, 11) is 0. The third-order valence-corrected chi connectivity index (χ3v) is 3.20. The lowest BCUT2D eigenvalue weighted by atomic mass is 10.2. The van der Waals surface area contributed by atoms with Crippen LogP contribution < -0.4 is 5.32 Å². The van der Waals surface area contributed by atoms with Gasteiger partial charge in [0.1, 0.15) is 11.5 Å². The Morgan fingerprint density at radius 1 is 1.14 bits per heavy atom. The summed E-state index contributed by atoms with van der Waals surface area (Å²) in [5, 5.41) is 3.09. The van der Waals surface area contributed by atoms with E-state index in [1.54, 1.807) is 12.1 Å². The Kier molecular flexibility index (Phi) is 3.88. The normalized spacial score (nSPS) is 10.0. The monoisotopic (exact) mass is 292 g/mol. The van der Waals surface area contributed by atoms with Crippen LogP contribution >= 0.6 is 0 Å². The Morgan fingerprint density at radius 3 is 2.73 bits per heavy atom. The molecule has 1 aromatic heterocycles. The van der Waals surface area contributed by atoms with Gasteiger partial charge in [0.05, 0.1) is 6.54 Å². The van der Waals surface area contributed by atoms with Gasteiger partial charge in [0.25, 0.3) is 5.91 Å². The molecular formula is C18H13FN2O. The lowest BCUT2D eigenvalue weighted by Crippen LogP contribution is -2.23. The average Bonchev–Trinajstić information content (AvgIpc) is 2.98. The number of benzene rings is 2. The van der Waals surface area contributed by atoms with Crippen LogP contribution in [0.4, 0.5) is 4.39 Å². The molecule has 108 valence electrons. The van der Waals surface area contributed by atoms with E-state index < -0.39 is 0 Å². The van der Waals surface area contributed by atoms with Crippen LogP contribution in [0.15, 0.2) is 54.6 Å². The van der Waals surface area contributed by atoms with Crippen molar-refractivity contribution in [2.24, 2.45) is 0 Å². The van der Waals surface area contributed by atoms with Gasteiger partial charge in [-0.15, -0.1) is 0 Å². The number of halogens is 1. The van der Waals surface area contributed by atoms with Crippen LogP contribution in [-0.4, -0.2) is 17.4 Å². The molecule has 0 unspecified atom stereocenters. The molecule has 0 radical (unpaired) electrons. The first-order valence-electron chi connectivity index (χ1n) is 6.83. The fourth-order valence-corrected chi connectivity index (χ4v) is 2.13. The van der Waals surface area contributed by atoms with Gasteiger partial charge in [0.15, 0.2) is 0 Å². The van der Waals surface area contributed by atoms with Crippen molar-refractivity contribution in [3.05, 3.63) is 71.7 Å². The number of rotatable bonds is 2. The molecule has 0 atom stereocenters. The molecule has 2 aromatic carbocycles. The summed E-state index contributed by atoms with van der Waals surface area (Å²) in [6, 6.07) is 15.7. The number of hydrogen-bond acceptors (Lipinski definition) is 1. The van der Waals surface area contributed by atoms with Crippen molar-refractivity contribution in [1.29, 1.82) is 0 Å². The SMILES string of the molecule is O=C(NCC#Cc1ccccc1)c1cc2c(F)cccc2[nH]1. The van der Waals surface area contributed by atoms with Crippen molar-refractivity contribution in [3.8, 4) is 11.8 Å². The third kappa shape index (κ3) is 2.99. The highest BCUT2D eigenvalue weighted by atomic mass is 19.1. The molecule has 3 aromatic rings. The fraction of sp³-hybridized carbons (Fsp3) is 0.0556. The number of amides is 1. The minimum atomic E-state index is -0.350. The molecule has 0 fully saturated rings. The maximum Gasteiger partial charge on any atom is 0.268 e. The van der Waals surface area contributed by atoms with E-state index >= 15 is 0 Å². The van der Waals surface area contributed by atoms with Gasteiger partial charge >= 0.3 is 0 Å². The number of H-pyrrole nitrogens is 1. The van der Waals surface area contributed by atoms with E-state index in [2.05, 4.69) is 22.1 Å². The summed E-state index contributed by atoms with van der Waals surface area (Å²) < 4.78 is 13.6. The Balaban J connectivity index is 1.67. The van der Waals surface area contributed by atoms with Crippen molar-refractivity contribution >= 4 is 16.8 Å². The van der Waals surface area contributed by atoms with E-state index in [0.29, 0.717) is 16.6 Å². The Bertz CT molecular complexity index is 872. The molecule has 4 heteroatoms. The molecule has 0 spiro atoms. The predicted octanol–water partition coefficient (Wildman–Crippen LogP) is 3.09. The van der Waals surface area contributed by atoms with Gasteiger partial charge in [-0.3, -0.25) is 4.79 Å². The molecule has 0 saturated carbocycles. The average molecular weight is 292 g/mol. The molecule has 0 aliphatic carbocycles. The number of nitrogens with one attached hydrogen (secondary N) is 2. The number of aromatic nitrogens is 1. The van der Waals surface area contributed by atoms with Gasteiger partial charge in [0, 0.05) is 16.5 Å². The van der Waals surface area contributed by atoms with Crippen LogP contribution in [0.1, 0.15) is 16.1 Å². The largest absolute Gasteiger partial charge is 0.350 e. The lowest BCUT2D eigenvalue weighted by Gasteiger charge is -1.97. The molecule has 0 bridgehead atoms. The first kappa shape index (κ1) is 13.9. The Morgan fingerprint density at radius 2 is 1.95 bits per heavy atom. The van der Waals surface area contributed by atoms with Crippen LogP contribution in [0.5, 0.6) is 0 Å². The van der Waals surface area contributed by atoms with Gasteiger partial charge in [-0.2, -0.15) is 0 Å². The molecule has 2 N–H and O–H groups in total. The molecule has 0 aliphatic heterocycles. The molecule has 22 heavy (non-hydrogen) atoms. The van der Waals surface area contributed by atoms with Crippen LogP contribution in [0.25, 0.3) is 10.9 Å². The maximum atomic E-state index is 13.6. The number of fused-ring (bicyclic) bond motifs is 1. The first-order chi connectivity index (χ1) is 10.7. The van der Waals surface area contributed by atoms with E-state index in [9.17, 15) is 9.18 Å². The highest BCUT2D eigenvalue weighted by molar-refractivity contribution is 5.98. The van der Waals surface area contributed by atoms with E-state index in [4.69, 9.17) is 0 Å². The second kappa shape index (κ2) is 6.15. The second-order valence-electron chi connectivity index (χ2n) is 4.73. The number of hydrogen-bond donors (Lipinski definition) is 2. The van der Waals surface area contributed by atoms with Crippen molar-refractivity contribution < 1.29 is 9.18 Å². The fourth-order valence-electron chi connectivity index (χ4n) is 2.13. The third-order valence-electron chi connectivity index (χ3n) is 3.20. The minimum Gasteiger partial charge on any atom is -0.350 e. The molecular weight excluding hydrogens is 279 g/mol. The molecule has 3 rings (SSSR count). The number of carbonyl (C=O) groups excluding carboxylic acids is 1. The van der Waals surface area contributed by atoms with Gasteiger partial charge in [0.2, 0.25) is 0 Å². The van der Waals surface area contributed by atoms with E-state index in [-0.39, 0.29) is 18.3 Å². The summed E-state index contributed by atoms with van der Waals surface area (Å²) in [6.07, 6.45) is 0. The highest BCUT2D eigenvalue weighted by Gasteiger charge is 2.10. The maximum absolute atomic E-state index is 13.6. The predicted molar refractivity (Wildman–Crippen MR) is 83.9 cm³/mol. The van der Waals surface area contributed by atoms with Crippen LogP contribution in [0, 0.1) is 17.7 Å². The van der Waals surface area contributed by atoms with E-state index in [1.807, 2.05) is 30.3 Å². The van der Waals surface area contributed by atoms with Crippen molar-refractivity contribution in [3.63, 3.8) is 0 Å². The van der Waals surface area contributed by atoms with Crippen LogP contribution in [-0.2, 0) is 0 Å². The molecule has 3 nitrogen and oxygen atoms in total. The summed E-state index contributed by atoms with van der Waals surface area (Å²) in [5.74, 6) is 5.17. The Labute approximate surface area is 127 Å². The van der Waals surface area contributed by atoms with Crippen LogP contribution in [0.3, 0.4) is 0 Å². The second-order valence-corrected chi connectivity index (χ2v) is 4.73. The van der Waals surface area contributed by atoms with Gasteiger partial charge in [-0.25, -0.2) is 4.39 Å². The Hall–Kier alpha value is -3.06. The summed E-state index contributed by atoms with van der Waals surface area (Å²) in [5.41, 5.74) is 1.81. The molecule has 1 heterocycles. The van der Waals surface area contributed by atoms with Crippen molar-refractivity contribution in [1.82, 2.24) is 10.3 Å². The van der Waals surface area contributed by atoms with E-state index in [0.717, 1.165) is 5.56 Å². The minimum absolute atomic E-state index is 0.228. The van der Waals surface area contributed by atoms with Crippen molar-refractivity contribution in [2.45, 2.75) is 0 Å². The van der Waals surface area contributed by atoms with Crippen LogP contribution in [0.2, 0.25) is 0 Å². The zero-order valence-electron chi connectivity index (χ0n) is 11.7. The zero-order valence-corrected chi connectivity index (χ0v) is 11.7. The quantitative estimate of drug-likeness (QED) is 0.700. The summed E-state index contributed by atoms with van der Waals surface area (Å²) >= 11 is 0. The zero-order chi connectivity index (χ0) is 15.4. The van der Waals surface area contributed by atoms with Crippen molar-refractivity contribution in [2.75, 3.05) is 6.54 Å². The standard InChI is InChI=1S/C18H13FN2O/c19-15-9-4-10-16-14(15)12-17(21-16)18(22)20-11-5-8-13-6-2-1-3-7-13/h1-4,6-7,9-10,12,21H,11H2,(H,20,22). The summed E-state index contributed by atoms with van der Waals surface area (Å²) in [6.45, 7) is 0.228. The topological polar surface area (TPSA) is 44.9 Å². The van der Waals surface area contributed by atoms with Gasteiger partial charge < -0.3 is 10.3 Å². The molecule has 0 saturated heterocycles. The molecule has 0 aliphatic rings. The van der Waals surface area contributed by atoms with Gasteiger partial charge in [-0.1, -0.05) is 36.1 Å². The smallest absolute Gasteiger partial charge is 0.268 e. The summed E-state index contributed by atoms with van der Waals surface area (Å²) in [4.78, 5) is 14.9. The molecule has 1 amide bonds. The number of aromatic amines is 1.